The molecule has 1 amide bonds. The Morgan fingerprint density at radius 1 is 1.19 bits per heavy atom. The molecule has 0 aliphatic heterocycles. The molecule has 26 heavy (non-hydrogen) atoms. The van der Waals surface area contributed by atoms with Crippen LogP contribution in [0, 0.1) is 0 Å². The molecule has 6 heteroatoms. The van der Waals surface area contributed by atoms with Crippen molar-refractivity contribution >= 4 is 28.0 Å². The molecule has 5 nitrogen and oxygen atoms in total. The van der Waals surface area contributed by atoms with Gasteiger partial charge in [0, 0.05) is 36.8 Å². The molecule has 2 heterocycles. The number of aromatic amines is 1. The van der Waals surface area contributed by atoms with Crippen molar-refractivity contribution < 1.29 is 4.79 Å². The number of fused-ring (bicyclic) bond motifs is 1. The summed E-state index contributed by atoms with van der Waals surface area (Å²) in [5.41, 5.74) is 1.21. The number of carbonyl (C=O) groups excluding carboxylic acids is 1. The lowest BCUT2D eigenvalue weighted by atomic mass is 10.0. The molecule has 0 bridgehead atoms. The average Bonchev–Trinajstić information content (AvgIpc) is 3.33. The van der Waals surface area contributed by atoms with E-state index in [1.54, 1.807) is 12.4 Å². The Morgan fingerprint density at radius 3 is 2.96 bits per heavy atom. The smallest absolute Gasteiger partial charge is 0.248 e. The number of carbonyl (C=O) groups is 1. The highest BCUT2D eigenvalue weighted by Crippen LogP contribution is 2.19. The minimum Gasteiger partial charge on any atom is -0.349 e. The summed E-state index contributed by atoms with van der Waals surface area (Å²) < 4.78 is 2.03. The summed E-state index contributed by atoms with van der Waals surface area (Å²) in [7, 11) is 0. The van der Waals surface area contributed by atoms with E-state index in [0.717, 1.165) is 10.6 Å². The first-order valence-corrected chi connectivity index (χ1v) is 9.34. The lowest BCUT2D eigenvalue weighted by molar-refractivity contribution is -0.118. The molecule has 0 unspecified atom stereocenters. The van der Waals surface area contributed by atoms with Crippen LogP contribution in [-0.4, -0.2) is 20.4 Å². The zero-order chi connectivity index (χ0) is 17.8. The molecule has 0 aliphatic rings. The molecular formula is C20H18N4OS. The van der Waals surface area contributed by atoms with Crippen LogP contribution >= 0.6 is 11.3 Å². The van der Waals surface area contributed by atoms with Crippen LogP contribution in [0.5, 0.6) is 0 Å². The summed E-state index contributed by atoms with van der Waals surface area (Å²) in [5, 5.41) is 4.40. The van der Waals surface area contributed by atoms with E-state index in [4.69, 9.17) is 0 Å². The number of rotatable bonds is 5. The van der Waals surface area contributed by atoms with Gasteiger partial charge in [-0.2, -0.15) is 4.99 Å². The van der Waals surface area contributed by atoms with Gasteiger partial charge in [-0.1, -0.05) is 42.5 Å². The molecule has 0 spiro atoms. The van der Waals surface area contributed by atoms with Crippen LogP contribution in [0.2, 0.25) is 0 Å². The van der Waals surface area contributed by atoms with Gasteiger partial charge in [0.15, 0.2) is 4.80 Å². The number of nitrogens with one attached hydrogen (secondary N) is 1. The minimum atomic E-state index is -0.129. The first-order valence-electron chi connectivity index (χ1n) is 8.46. The van der Waals surface area contributed by atoms with Crippen LogP contribution in [0.25, 0.3) is 10.8 Å². The number of nitrogens with zero attached hydrogens (tertiary/aromatic N) is 3. The van der Waals surface area contributed by atoms with Gasteiger partial charge in [-0.3, -0.25) is 4.79 Å². The number of thiazole rings is 1. The lowest BCUT2D eigenvalue weighted by Crippen LogP contribution is -2.17. The molecule has 2 aromatic heterocycles. The maximum absolute atomic E-state index is 12.2. The van der Waals surface area contributed by atoms with Gasteiger partial charge in [0.25, 0.3) is 0 Å². The highest BCUT2D eigenvalue weighted by molar-refractivity contribution is 7.07. The second kappa shape index (κ2) is 7.49. The minimum absolute atomic E-state index is 0.129. The molecule has 130 valence electrons. The molecule has 0 radical (unpaired) electrons. The third-order valence-electron chi connectivity index (χ3n) is 4.23. The Bertz CT molecular complexity index is 1090. The maximum Gasteiger partial charge on any atom is 0.248 e. The summed E-state index contributed by atoms with van der Waals surface area (Å²) >= 11 is 1.48. The van der Waals surface area contributed by atoms with Crippen LogP contribution in [0.3, 0.4) is 0 Å². The third-order valence-corrected chi connectivity index (χ3v) is 5.03. The van der Waals surface area contributed by atoms with E-state index in [2.05, 4.69) is 45.3 Å². The van der Waals surface area contributed by atoms with E-state index >= 15 is 0 Å². The average molecular weight is 362 g/mol. The van der Waals surface area contributed by atoms with E-state index in [1.165, 1.54) is 27.7 Å². The second-order valence-corrected chi connectivity index (χ2v) is 6.87. The zero-order valence-electron chi connectivity index (χ0n) is 14.1. The molecule has 4 aromatic rings. The van der Waals surface area contributed by atoms with Crippen LogP contribution < -0.4 is 4.80 Å². The number of aromatic nitrogens is 3. The van der Waals surface area contributed by atoms with Gasteiger partial charge in [0.1, 0.15) is 5.82 Å². The van der Waals surface area contributed by atoms with Gasteiger partial charge >= 0.3 is 0 Å². The summed E-state index contributed by atoms with van der Waals surface area (Å²) in [6, 6.07) is 14.6. The topological polar surface area (TPSA) is 63.0 Å². The Labute approximate surface area is 154 Å². The number of hydrogen-bond acceptors (Lipinski definition) is 3. The second-order valence-electron chi connectivity index (χ2n) is 5.99. The van der Waals surface area contributed by atoms with Crippen molar-refractivity contribution in [1.29, 1.82) is 0 Å². The van der Waals surface area contributed by atoms with Crippen LogP contribution in [0.15, 0.2) is 71.4 Å². The molecule has 4 rings (SSSR count). The summed E-state index contributed by atoms with van der Waals surface area (Å²) in [4.78, 5) is 24.4. The molecular weight excluding hydrogens is 344 g/mol. The molecule has 0 fully saturated rings. The van der Waals surface area contributed by atoms with E-state index in [-0.39, 0.29) is 5.91 Å². The fourth-order valence-corrected chi connectivity index (χ4v) is 3.69. The van der Waals surface area contributed by atoms with Crippen molar-refractivity contribution in [3.8, 4) is 0 Å². The largest absolute Gasteiger partial charge is 0.349 e. The van der Waals surface area contributed by atoms with Crippen LogP contribution in [0.1, 0.15) is 17.8 Å². The monoisotopic (exact) mass is 362 g/mol. The number of H-pyrrole nitrogens is 1. The van der Waals surface area contributed by atoms with E-state index in [1.807, 2.05) is 28.3 Å². The fraction of sp³-hybridized carbons (Fsp3) is 0.150. The standard InChI is InChI=1S/C20H18N4OS/c25-19(9-8-18-21-10-11-22-18)23-20-24(12-13-26-20)14-16-6-3-5-15-4-1-2-7-17(15)16/h1-7,10-13H,8-9,14H2,(H,21,22). The number of aryl methyl sites for hydroxylation is 1. The predicted octanol–water partition coefficient (Wildman–Crippen LogP) is 3.53. The van der Waals surface area contributed by atoms with Gasteiger partial charge in [-0.15, -0.1) is 11.3 Å². The lowest BCUT2D eigenvalue weighted by Gasteiger charge is -2.07. The quantitative estimate of drug-likeness (QED) is 0.590. The zero-order valence-corrected chi connectivity index (χ0v) is 14.9. The van der Waals surface area contributed by atoms with Crippen molar-refractivity contribution in [3.63, 3.8) is 0 Å². The Hall–Kier alpha value is -2.99. The third kappa shape index (κ3) is 3.65. The van der Waals surface area contributed by atoms with Gasteiger partial charge in [0.05, 0.1) is 6.54 Å². The first-order chi connectivity index (χ1) is 12.8. The first kappa shape index (κ1) is 16.5. The van der Waals surface area contributed by atoms with E-state index in [9.17, 15) is 4.79 Å². The fourth-order valence-electron chi connectivity index (χ4n) is 2.94. The Morgan fingerprint density at radius 2 is 2.08 bits per heavy atom. The predicted molar refractivity (Wildman–Crippen MR) is 103 cm³/mol. The van der Waals surface area contributed by atoms with Crippen molar-refractivity contribution in [2.24, 2.45) is 4.99 Å². The van der Waals surface area contributed by atoms with Crippen LogP contribution in [-0.2, 0) is 17.8 Å². The van der Waals surface area contributed by atoms with Gasteiger partial charge in [-0.25, -0.2) is 4.98 Å². The number of imidazole rings is 1. The molecule has 0 aliphatic carbocycles. The maximum atomic E-state index is 12.2. The normalized spacial score (nSPS) is 11.9. The highest BCUT2D eigenvalue weighted by atomic mass is 32.1. The SMILES string of the molecule is O=C(CCc1ncc[nH]1)N=c1sccn1Cc1cccc2ccccc12. The summed E-state index contributed by atoms with van der Waals surface area (Å²) in [5.74, 6) is 0.680. The molecule has 0 atom stereocenters. The number of benzene rings is 2. The molecule has 2 aromatic carbocycles. The van der Waals surface area contributed by atoms with Gasteiger partial charge in [0.2, 0.25) is 5.91 Å². The summed E-state index contributed by atoms with van der Waals surface area (Å²) in [6.45, 7) is 0.690. The molecule has 0 saturated carbocycles. The summed E-state index contributed by atoms with van der Waals surface area (Å²) in [6.07, 6.45) is 6.34. The Balaban J connectivity index is 1.55. The van der Waals surface area contributed by atoms with Gasteiger partial charge in [-0.05, 0) is 16.3 Å². The number of hydrogen-bond donors (Lipinski definition) is 1. The molecule has 1 N–H and O–H groups in total. The van der Waals surface area contributed by atoms with Crippen molar-refractivity contribution in [2.45, 2.75) is 19.4 Å². The van der Waals surface area contributed by atoms with Crippen molar-refractivity contribution in [3.05, 3.63) is 82.6 Å². The highest BCUT2D eigenvalue weighted by Gasteiger charge is 2.06. The van der Waals surface area contributed by atoms with Crippen molar-refractivity contribution in [2.75, 3.05) is 0 Å². The van der Waals surface area contributed by atoms with E-state index in [0.29, 0.717) is 19.4 Å². The van der Waals surface area contributed by atoms with Crippen molar-refractivity contribution in [1.82, 2.24) is 14.5 Å². The Kier molecular flexibility index (Phi) is 4.75. The number of amides is 1. The molecule has 0 saturated heterocycles. The van der Waals surface area contributed by atoms with E-state index < -0.39 is 0 Å². The van der Waals surface area contributed by atoms with Gasteiger partial charge < -0.3 is 9.55 Å². The van der Waals surface area contributed by atoms with Crippen LogP contribution in [0.4, 0.5) is 0 Å².